The zero-order chi connectivity index (χ0) is 7.72. The SMILES string of the molecule is C[C@@H]1O[C@H](O)C[C@H](N)[C@H]1O. The van der Waals surface area contributed by atoms with Gasteiger partial charge in [-0.1, -0.05) is 0 Å². The van der Waals surface area contributed by atoms with Crippen molar-refractivity contribution in [1.82, 2.24) is 0 Å². The molecule has 10 heavy (non-hydrogen) atoms. The van der Waals surface area contributed by atoms with E-state index in [0.29, 0.717) is 6.42 Å². The number of ether oxygens (including phenoxy) is 1. The molecule has 4 N–H and O–H groups in total. The Morgan fingerprint density at radius 3 is 2.60 bits per heavy atom. The molecule has 0 unspecified atom stereocenters. The summed E-state index contributed by atoms with van der Waals surface area (Å²) in [6, 6.07) is -0.362. The normalized spacial score (nSPS) is 49.2. The number of aliphatic hydroxyl groups is 2. The van der Waals surface area contributed by atoms with Crippen molar-refractivity contribution in [2.75, 3.05) is 0 Å². The molecule has 0 bridgehead atoms. The maximum atomic E-state index is 9.20. The minimum absolute atomic E-state index is 0.311. The van der Waals surface area contributed by atoms with Gasteiger partial charge in [0.25, 0.3) is 0 Å². The summed E-state index contributed by atoms with van der Waals surface area (Å²) < 4.78 is 4.89. The van der Waals surface area contributed by atoms with Crippen molar-refractivity contribution in [1.29, 1.82) is 0 Å². The highest BCUT2D eigenvalue weighted by Gasteiger charge is 2.31. The fourth-order valence-corrected chi connectivity index (χ4v) is 1.10. The summed E-state index contributed by atoms with van der Waals surface area (Å²) in [5.41, 5.74) is 5.47. The summed E-state index contributed by atoms with van der Waals surface area (Å²) in [4.78, 5) is 0. The van der Waals surface area contributed by atoms with Gasteiger partial charge in [0.15, 0.2) is 6.29 Å². The predicted octanol–water partition coefficient (Wildman–Crippen LogP) is -1.20. The van der Waals surface area contributed by atoms with Crippen molar-refractivity contribution in [2.45, 2.75) is 37.9 Å². The summed E-state index contributed by atoms with van der Waals surface area (Å²) in [5, 5.41) is 18.2. The van der Waals surface area contributed by atoms with Gasteiger partial charge >= 0.3 is 0 Å². The van der Waals surface area contributed by atoms with Crippen LogP contribution in [0, 0.1) is 0 Å². The second-order valence-electron chi connectivity index (χ2n) is 2.69. The number of hydrogen-bond acceptors (Lipinski definition) is 4. The van der Waals surface area contributed by atoms with Gasteiger partial charge in [-0.05, 0) is 6.92 Å². The third kappa shape index (κ3) is 1.46. The lowest BCUT2D eigenvalue weighted by molar-refractivity contribution is -0.198. The summed E-state index contributed by atoms with van der Waals surface area (Å²) in [6.07, 6.45) is -1.51. The van der Waals surface area contributed by atoms with Gasteiger partial charge in [-0.2, -0.15) is 0 Å². The Bertz CT molecular complexity index is 108. The molecule has 1 heterocycles. The first-order valence-corrected chi connectivity index (χ1v) is 3.38. The predicted molar refractivity (Wildman–Crippen MR) is 35.2 cm³/mol. The molecule has 1 aliphatic heterocycles. The first kappa shape index (κ1) is 7.94. The van der Waals surface area contributed by atoms with Gasteiger partial charge < -0.3 is 20.7 Å². The minimum Gasteiger partial charge on any atom is -0.389 e. The highest BCUT2D eigenvalue weighted by atomic mass is 16.6. The molecule has 4 heteroatoms. The van der Waals surface area contributed by atoms with E-state index < -0.39 is 12.4 Å². The standard InChI is InChI=1S/C6H13NO3/c1-3-6(9)4(7)2-5(8)10-3/h3-6,8-9H,2,7H2,1H3/t3-,4-,5-,6-/m0/s1. The average Bonchev–Trinajstić information content (AvgIpc) is 1.82. The van der Waals surface area contributed by atoms with Crippen LogP contribution in [0.2, 0.25) is 0 Å². The van der Waals surface area contributed by atoms with E-state index in [2.05, 4.69) is 0 Å². The maximum Gasteiger partial charge on any atom is 0.156 e. The van der Waals surface area contributed by atoms with E-state index in [0.717, 1.165) is 0 Å². The van der Waals surface area contributed by atoms with Gasteiger partial charge in [-0.25, -0.2) is 0 Å². The third-order valence-electron chi connectivity index (χ3n) is 1.77. The van der Waals surface area contributed by atoms with E-state index in [1.807, 2.05) is 0 Å². The van der Waals surface area contributed by atoms with Crippen LogP contribution in [0.4, 0.5) is 0 Å². The smallest absolute Gasteiger partial charge is 0.156 e. The van der Waals surface area contributed by atoms with Crippen LogP contribution in [-0.4, -0.2) is 34.8 Å². The lowest BCUT2D eigenvalue weighted by Crippen LogP contribution is -2.51. The Labute approximate surface area is 59.6 Å². The number of hydrogen-bond donors (Lipinski definition) is 3. The molecule has 4 atom stereocenters. The Morgan fingerprint density at radius 2 is 2.10 bits per heavy atom. The summed E-state index contributed by atoms with van der Waals surface area (Å²) >= 11 is 0. The Hall–Kier alpha value is -0.160. The van der Waals surface area contributed by atoms with Crippen LogP contribution in [0.3, 0.4) is 0 Å². The zero-order valence-corrected chi connectivity index (χ0v) is 5.90. The van der Waals surface area contributed by atoms with Crippen LogP contribution < -0.4 is 5.73 Å². The molecule has 4 nitrogen and oxygen atoms in total. The third-order valence-corrected chi connectivity index (χ3v) is 1.77. The fourth-order valence-electron chi connectivity index (χ4n) is 1.10. The molecular weight excluding hydrogens is 134 g/mol. The van der Waals surface area contributed by atoms with Gasteiger partial charge in [-0.15, -0.1) is 0 Å². The molecule has 0 saturated carbocycles. The van der Waals surface area contributed by atoms with Crippen LogP contribution in [0.5, 0.6) is 0 Å². The Kier molecular flexibility index (Phi) is 2.25. The van der Waals surface area contributed by atoms with Gasteiger partial charge in [0.1, 0.15) is 0 Å². The first-order chi connectivity index (χ1) is 4.61. The lowest BCUT2D eigenvalue weighted by atomic mass is 10.0. The van der Waals surface area contributed by atoms with Crippen LogP contribution in [-0.2, 0) is 4.74 Å². The van der Waals surface area contributed by atoms with Crippen molar-refractivity contribution in [3.63, 3.8) is 0 Å². The second-order valence-corrected chi connectivity index (χ2v) is 2.69. The number of nitrogens with two attached hydrogens (primary N) is 1. The maximum absolute atomic E-state index is 9.20. The zero-order valence-electron chi connectivity index (χ0n) is 5.90. The van der Waals surface area contributed by atoms with E-state index in [4.69, 9.17) is 15.6 Å². The van der Waals surface area contributed by atoms with E-state index in [1.54, 1.807) is 6.92 Å². The molecule has 1 fully saturated rings. The number of aliphatic hydroxyl groups excluding tert-OH is 2. The molecular formula is C6H13NO3. The van der Waals surface area contributed by atoms with Gasteiger partial charge in [0.2, 0.25) is 0 Å². The Balaban J connectivity index is 2.49. The van der Waals surface area contributed by atoms with Crippen molar-refractivity contribution in [3.8, 4) is 0 Å². The number of rotatable bonds is 0. The molecule has 0 spiro atoms. The summed E-state index contributed by atoms with van der Waals surface area (Å²) in [5.74, 6) is 0. The van der Waals surface area contributed by atoms with Crippen LogP contribution in [0.25, 0.3) is 0 Å². The summed E-state index contributed by atoms with van der Waals surface area (Å²) in [7, 11) is 0. The van der Waals surface area contributed by atoms with Crippen molar-refractivity contribution in [3.05, 3.63) is 0 Å². The molecule has 1 rings (SSSR count). The minimum atomic E-state index is -0.812. The molecule has 1 aliphatic rings. The highest BCUT2D eigenvalue weighted by molar-refractivity contribution is 4.82. The molecule has 0 amide bonds. The molecule has 0 aromatic rings. The molecule has 0 aliphatic carbocycles. The summed E-state index contributed by atoms with van der Waals surface area (Å²) in [6.45, 7) is 1.69. The molecule has 1 saturated heterocycles. The molecule has 0 aromatic carbocycles. The van der Waals surface area contributed by atoms with Gasteiger partial charge in [0, 0.05) is 12.5 Å². The molecule has 0 radical (unpaired) electrons. The van der Waals surface area contributed by atoms with Gasteiger partial charge in [0.05, 0.1) is 12.2 Å². The van der Waals surface area contributed by atoms with E-state index in [9.17, 15) is 5.11 Å². The topological polar surface area (TPSA) is 75.7 Å². The van der Waals surface area contributed by atoms with E-state index >= 15 is 0 Å². The molecule has 60 valence electrons. The van der Waals surface area contributed by atoms with Crippen LogP contribution in [0.1, 0.15) is 13.3 Å². The van der Waals surface area contributed by atoms with E-state index in [-0.39, 0.29) is 12.1 Å². The van der Waals surface area contributed by atoms with Crippen LogP contribution >= 0.6 is 0 Å². The monoisotopic (exact) mass is 147 g/mol. The van der Waals surface area contributed by atoms with E-state index in [1.165, 1.54) is 0 Å². The fraction of sp³-hybridized carbons (Fsp3) is 1.00. The quantitative estimate of drug-likeness (QED) is 0.402. The second kappa shape index (κ2) is 2.84. The van der Waals surface area contributed by atoms with Crippen molar-refractivity contribution >= 4 is 0 Å². The van der Waals surface area contributed by atoms with Crippen molar-refractivity contribution < 1.29 is 14.9 Å². The molecule has 0 aromatic heterocycles. The highest BCUT2D eigenvalue weighted by Crippen LogP contribution is 2.16. The Morgan fingerprint density at radius 1 is 1.50 bits per heavy atom. The first-order valence-electron chi connectivity index (χ1n) is 3.38. The average molecular weight is 147 g/mol. The van der Waals surface area contributed by atoms with Gasteiger partial charge in [-0.3, -0.25) is 0 Å². The largest absolute Gasteiger partial charge is 0.389 e. The lowest BCUT2D eigenvalue weighted by Gasteiger charge is -2.33. The van der Waals surface area contributed by atoms with Crippen LogP contribution in [0.15, 0.2) is 0 Å². The van der Waals surface area contributed by atoms with Crippen molar-refractivity contribution in [2.24, 2.45) is 5.73 Å².